The standard InChI is InChI=1S/C7H8ClNO.ClH/c8-4-5-1-2-6(9)3-7(5)10;/h1-3,10H,4,9H2;1H. The number of rotatable bonds is 1. The van der Waals surface area contributed by atoms with Crippen LogP contribution in [0, 0.1) is 0 Å². The van der Waals surface area contributed by atoms with Gasteiger partial charge in [-0.25, -0.2) is 0 Å². The third kappa shape index (κ3) is 2.48. The maximum Gasteiger partial charge on any atom is 0.122 e. The van der Waals surface area contributed by atoms with E-state index >= 15 is 0 Å². The smallest absolute Gasteiger partial charge is 0.122 e. The summed E-state index contributed by atoms with van der Waals surface area (Å²) in [5, 5.41) is 9.13. The van der Waals surface area contributed by atoms with E-state index in [1.807, 2.05) is 0 Å². The number of hydrogen-bond acceptors (Lipinski definition) is 2. The summed E-state index contributed by atoms with van der Waals surface area (Å²) < 4.78 is 0. The molecule has 0 fully saturated rings. The van der Waals surface area contributed by atoms with Crippen LogP contribution in [0.15, 0.2) is 18.2 Å². The normalized spacial score (nSPS) is 8.82. The van der Waals surface area contributed by atoms with E-state index in [4.69, 9.17) is 22.4 Å². The highest BCUT2D eigenvalue weighted by Gasteiger charge is 1.97. The number of halogens is 2. The zero-order valence-electron chi connectivity index (χ0n) is 5.75. The van der Waals surface area contributed by atoms with Crippen molar-refractivity contribution in [3.8, 4) is 5.75 Å². The lowest BCUT2D eigenvalue weighted by Crippen LogP contribution is -1.85. The van der Waals surface area contributed by atoms with Gasteiger partial charge in [0.2, 0.25) is 0 Å². The van der Waals surface area contributed by atoms with Crippen molar-refractivity contribution >= 4 is 29.7 Å². The molecule has 0 aromatic heterocycles. The predicted molar refractivity (Wildman–Crippen MR) is 49.3 cm³/mol. The van der Waals surface area contributed by atoms with Crippen LogP contribution in [0.2, 0.25) is 0 Å². The van der Waals surface area contributed by atoms with E-state index in [0.717, 1.165) is 0 Å². The number of anilines is 1. The first-order chi connectivity index (χ1) is 4.74. The molecule has 0 saturated carbocycles. The number of alkyl halides is 1. The van der Waals surface area contributed by atoms with E-state index in [0.29, 0.717) is 17.1 Å². The predicted octanol–water partition coefficient (Wildman–Crippen LogP) is 2.13. The summed E-state index contributed by atoms with van der Waals surface area (Å²) in [7, 11) is 0. The highest BCUT2D eigenvalue weighted by atomic mass is 35.5. The molecule has 0 atom stereocenters. The molecule has 0 aliphatic heterocycles. The molecular weight excluding hydrogens is 185 g/mol. The number of nitrogen functional groups attached to an aromatic ring is 1. The number of nitrogens with two attached hydrogens (primary N) is 1. The topological polar surface area (TPSA) is 46.2 Å². The molecular formula is C7H9Cl2NO. The van der Waals surface area contributed by atoms with Crippen molar-refractivity contribution in [3.05, 3.63) is 23.8 Å². The van der Waals surface area contributed by atoms with Crippen LogP contribution in [0.4, 0.5) is 5.69 Å². The van der Waals surface area contributed by atoms with Crippen molar-refractivity contribution < 1.29 is 5.11 Å². The van der Waals surface area contributed by atoms with Gasteiger partial charge in [0.25, 0.3) is 0 Å². The molecule has 0 unspecified atom stereocenters. The minimum absolute atomic E-state index is 0. The molecule has 0 amide bonds. The van der Waals surface area contributed by atoms with Gasteiger partial charge in [0, 0.05) is 17.3 Å². The van der Waals surface area contributed by atoms with Crippen molar-refractivity contribution in [2.75, 3.05) is 5.73 Å². The zero-order valence-corrected chi connectivity index (χ0v) is 7.32. The van der Waals surface area contributed by atoms with Gasteiger partial charge in [-0.3, -0.25) is 0 Å². The van der Waals surface area contributed by atoms with Gasteiger partial charge in [-0.15, -0.1) is 24.0 Å². The lowest BCUT2D eigenvalue weighted by atomic mass is 10.2. The van der Waals surface area contributed by atoms with E-state index in [9.17, 15) is 0 Å². The number of hydrogen-bond donors (Lipinski definition) is 2. The first-order valence-electron chi connectivity index (χ1n) is 2.87. The van der Waals surface area contributed by atoms with Crippen molar-refractivity contribution in [2.45, 2.75) is 5.88 Å². The average Bonchev–Trinajstić information content (AvgIpc) is 1.88. The molecule has 0 radical (unpaired) electrons. The lowest BCUT2D eigenvalue weighted by Gasteiger charge is -1.99. The van der Waals surface area contributed by atoms with Crippen molar-refractivity contribution in [1.29, 1.82) is 0 Å². The summed E-state index contributed by atoms with van der Waals surface area (Å²) >= 11 is 5.48. The molecule has 4 heteroatoms. The molecule has 1 rings (SSSR count). The fraction of sp³-hybridized carbons (Fsp3) is 0.143. The Morgan fingerprint density at radius 2 is 2.09 bits per heavy atom. The molecule has 0 aliphatic carbocycles. The van der Waals surface area contributed by atoms with Crippen molar-refractivity contribution in [3.63, 3.8) is 0 Å². The van der Waals surface area contributed by atoms with Crippen LogP contribution in [0.25, 0.3) is 0 Å². The third-order valence-electron chi connectivity index (χ3n) is 1.25. The summed E-state index contributed by atoms with van der Waals surface area (Å²) in [6, 6.07) is 4.90. The maximum atomic E-state index is 9.13. The average molecular weight is 194 g/mol. The summed E-state index contributed by atoms with van der Waals surface area (Å²) in [5.41, 5.74) is 6.63. The van der Waals surface area contributed by atoms with Crippen molar-refractivity contribution in [2.24, 2.45) is 0 Å². The van der Waals surface area contributed by atoms with E-state index in [-0.39, 0.29) is 18.2 Å². The highest BCUT2D eigenvalue weighted by molar-refractivity contribution is 6.17. The Morgan fingerprint density at radius 3 is 2.55 bits per heavy atom. The maximum absolute atomic E-state index is 9.13. The summed E-state index contributed by atoms with van der Waals surface area (Å²) in [4.78, 5) is 0. The molecule has 0 heterocycles. The van der Waals surface area contributed by atoms with Crippen LogP contribution < -0.4 is 5.73 Å². The summed E-state index contributed by atoms with van der Waals surface area (Å²) in [5.74, 6) is 0.474. The van der Waals surface area contributed by atoms with E-state index in [2.05, 4.69) is 0 Å². The van der Waals surface area contributed by atoms with Gasteiger partial charge < -0.3 is 10.8 Å². The van der Waals surface area contributed by atoms with Crippen LogP contribution in [-0.2, 0) is 5.88 Å². The third-order valence-corrected chi connectivity index (χ3v) is 1.54. The molecule has 3 N–H and O–H groups in total. The highest BCUT2D eigenvalue weighted by Crippen LogP contribution is 2.21. The molecule has 0 spiro atoms. The molecule has 0 aliphatic rings. The van der Waals surface area contributed by atoms with E-state index in [1.165, 1.54) is 6.07 Å². The second-order valence-electron chi connectivity index (χ2n) is 2.02. The van der Waals surface area contributed by atoms with Crippen LogP contribution in [0.1, 0.15) is 5.56 Å². The Bertz CT molecular complexity index is 240. The fourth-order valence-corrected chi connectivity index (χ4v) is 0.920. The molecule has 1 aromatic carbocycles. The SMILES string of the molecule is Cl.Nc1ccc(CCl)c(O)c1. The number of benzene rings is 1. The molecule has 0 bridgehead atoms. The fourth-order valence-electron chi connectivity index (χ4n) is 0.694. The number of phenols is 1. The second-order valence-corrected chi connectivity index (χ2v) is 2.29. The van der Waals surface area contributed by atoms with Gasteiger partial charge in [-0.1, -0.05) is 6.07 Å². The Hall–Kier alpha value is -0.600. The molecule has 1 aromatic rings. The first-order valence-corrected chi connectivity index (χ1v) is 3.41. The molecule has 62 valence electrons. The molecule has 0 saturated heterocycles. The van der Waals surface area contributed by atoms with Gasteiger partial charge in [0.1, 0.15) is 5.75 Å². The quantitative estimate of drug-likeness (QED) is 0.531. The van der Waals surface area contributed by atoms with Gasteiger partial charge in [-0.2, -0.15) is 0 Å². The van der Waals surface area contributed by atoms with Gasteiger partial charge in [0.15, 0.2) is 0 Å². The Balaban J connectivity index is 0.000001000. The number of phenolic OH excluding ortho intramolecular Hbond substituents is 1. The first kappa shape index (κ1) is 10.4. The summed E-state index contributed by atoms with van der Waals surface area (Å²) in [6.07, 6.45) is 0. The molecule has 11 heavy (non-hydrogen) atoms. The van der Waals surface area contributed by atoms with E-state index in [1.54, 1.807) is 12.1 Å². The number of aromatic hydroxyl groups is 1. The van der Waals surface area contributed by atoms with Crippen LogP contribution >= 0.6 is 24.0 Å². The monoisotopic (exact) mass is 193 g/mol. The Morgan fingerprint density at radius 1 is 1.45 bits per heavy atom. The van der Waals surface area contributed by atoms with Crippen LogP contribution in [0.3, 0.4) is 0 Å². The summed E-state index contributed by atoms with van der Waals surface area (Å²) in [6.45, 7) is 0. The Labute approximate surface area is 76.4 Å². The zero-order chi connectivity index (χ0) is 7.56. The van der Waals surface area contributed by atoms with Crippen molar-refractivity contribution in [1.82, 2.24) is 0 Å². The minimum atomic E-state index is 0. The van der Waals surface area contributed by atoms with Gasteiger partial charge in [0.05, 0.1) is 5.88 Å². The Kier molecular flexibility index (Phi) is 4.08. The van der Waals surface area contributed by atoms with Gasteiger partial charge >= 0.3 is 0 Å². The largest absolute Gasteiger partial charge is 0.508 e. The second kappa shape index (κ2) is 4.31. The minimum Gasteiger partial charge on any atom is -0.508 e. The lowest BCUT2D eigenvalue weighted by molar-refractivity contribution is 0.471. The van der Waals surface area contributed by atoms with Crippen LogP contribution in [0.5, 0.6) is 5.75 Å². The van der Waals surface area contributed by atoms with Gasteiger partial charge in [-0.05, 0) is 6.07 Å². The van der Waals surface area contributed by atoms with Crippen LogP contribution in [-0.4, -0.2) is 5.11 Å². The molecule has 2 nitrogen and oxygen atoms in total. The van der Waals surface area contributed by atoms with E-state index < -0.39 is 0 Å².